The number of nitrogens with one attached hydrogen (secondary N) is 2. The number of ether oxygens (including phenoxy) is 1. The molecule has 6 heterocycles. The molecule has 0 saturated carbocycles. The fraction of sp³-hybridized carbons (Fsp3) is 0.231. The molecule has 2 amide bonds. The Hall–Kier alpha value is -5.53. The van der Waals surface area contributed by atoms with Crippen molar-refractivity contribution in [2.75, 3.05) is 48.0 Å². The van der Waals surface area contributed by atoms with Gasteiger partial charge in [-0.2, -0.15) is 0 Å². The molecule has 3 aromatic heterocycles. The van der Waals surface area contributed by atoms with Crippen LogP contribution in [0.15, 0.2) is 79.0 Å². The summed E-state index contributed by atoms with van der Waals surface area (Å²) in [5.74, 6) is -1.90. The van der Waals surface area contributed by atoms with Gasteiger partial charge in [-0.15, -0.1) is 11.3 Å². The summed E-state index contributed by atoms with van der Waals surface area (Å²) in [6, 6.07) is 18.6. The molecule has 0 bridgehead atoms. The monoisotopic (exact) mass is 720 g/mol. The van der Waals surface area contributed by atoms with Crippen molar-refractivity contribution >= 4 is 51.4 Å². The van der Waals surface area contributed by atoms with E-state index in [0.29, 0.717) is 57.2 Å². The molecule has 6 aromatic rings. The first-order valence-electron chi connectivity index (χ1n) is 17.0. The Morgan fingerprint density at radius 3 is 2.54 bits per heavy atom. The van der Waals surface area contributed by atoms with E-state index in [-0.39, 0.29) is 23.8 Å². The first kappa shape index (κ1) is 32.4. The smallest absolute Gasteiger partial charge is 0.259 e. The third-order valence-electron chi connectivity index (χ3n) is 10.2. The Morgan fingerprint density at radius 2 is 1.73 bits per heavy atom. The number of pyridine rings is 1. The first-order chi connectivity index (χ1) is 25.2. The van der Waals surface area contributed by atoms with Gasteiger partial charge < -0.3 is 24.8 Å². The predicted octanol–water partition coefficient (Wildman–Crippen LogP) is 7.84. The number of thiophene rings is 1. The molecular weight excluding hydrogens is 690 g/mol. The molecule has 3 aliphatic heterocycles. The molecule has 2 N–H and O–H groups in total. The summed E-state index contributed by atoms with van der Waals surface area (Å²) in [4.78, 5) is 44.9. The highest BCUT2D eigenvalue weighted by molar-refractivity contribution is 7.19. The number of anilines is 3. The van der Waals surface area contributed by atoms with Gasteiger partial charge in [-0.25, -0.2) is 23.1 Å². The SMILES string of the molecule is O=C(Nc1ccc(C(=O)N2CCc3cc(-c4nc5cc(F)c(F)cc5[nH]4)sc3-c3ccc(F)cc32)cc1)c1cccnc1N1CC2(CCOCC2)C1. The van der Waals surface area contributed by atoms with E-state index in [1.165, 1.54) is 23.5 Å². The summed E-state index contributed by atoms with van der Waals surface area (Å²) < 4.78 is 48.0. The Morgan fingerprint density at radius 1 is 0.942 bits per heavy atom. The summed E-state index contributed by atoms with van der Waals surface area (Å²) in [5, 5.41) is 2.95. The van der Waals surface area contributed by atoms with Gasteiger partial charge in [0.15, 0.2) is 11.6 Å². The van der Waals surface area contributed by atoms with E-state index < -0.39 is 17.5 Å². The maximum Gasteiger partial charge on any atom is 0.259 e. The lowest BCUT2D eigenvalue weighted by Crippen LogP contribution is -2.59. The summed E-state index contributed by atoms with van der Waals surface area (Å²) >= 11 is 1.41. The number of halogens is 3. The van der Waals surface area contributed by atoms with Crippen molar-refractivity contribution in [2.24, 2.45) is 5.41 Å². The maximum absolute atomic E-state index is 14.7. The van der Waals surface area contributed by atoms with Crippen molar-refractivity contribution in [2.45, 2.75) is 19.3 Å². The molecule has 0 radical (unpaired) electrons. The number of hydrogen-bond donors (Lipinski definition) is 2. The molecule has 1 spiro atoms. The van der Waals surface area contributed by atoms with Crippen LogP contribution >= 0.6 is 11.3 Å². The van der Waals surface area contributed by atoms with Crippen molar-refractivity contribution < 1.29 is 27.5 Å². The van der Waals surface area contributed by atoms with Crippen LogP contribution in [-0.2, 0) is 11.2 Å². The minimum absolute atomic E-state index is 0.224. The standard InChI is InChI=1S/C39H31F3N6O3S/c40-24-5-8-26-32(17-24)48(13-9-23-16-33(52-34(23)26)35-45-30-18-28(41)29(42)19-31(30)46-35)38(50)22-3-6-25(7-4-22)44-37(49)27-2-1-12-43-36(27)47-20-39(21-47)10-14-51-15-11-39/h1-8,12,16-19H,9-11,13-15,20-21H2,(H,44,49)(H,45,46). The fourth-order valence-corrected chi connectivity index (χ4v) is 8.66. The number of H-pyrrole nitrogens is 1. The highest BCUT2D eigenvalue weighted by atomic mass is 32.1. The van der Waals surface area contributed by atoms with Crippen molar-refractivity contribution in [3.8, 4) is 21.1 Å². The number of nitrogens with zero attached hydrogens (tertiary/aromatic N) is 4. The van der Waals surface area contributed by atoms with Crippen molar-refractivity contribution in [1.82, 2.24) is 15.0 Å². The van der Waals surface area contributed by atoms with Crippen LogP contribution in [0, 0.1) is 22.9 Å². The van der Waals surface area contributed by atoms with Gasteiger partial charge in [0.25, 0.3) is 11.8 Å². The molecule has 0 atom stereocenters. The third-order valence-corrected chi connectivity index (χ3v) is 11.5. The van der Waals surface area contributed by atoms with E-state index in [1.807, 2.05) is 6.07 Å². The van der Waals surface area contributed by atoms with E-state index in [1.54, 1.807) is 53.6 Å². The quantitative estimate of drug-likeness (QED) is 0.188. The molecule has 3 aliphatic rings. The van der Waals surface area contributed by atoms with Gasteiger partial charge in [-0.3, -0.25) is 9.59 Å². The van der Waals surface area contributed by atoms with Gasteiger partial charge in [-0.1, -0.05) is 0 Å². The Bertz CT molecular complexity index is 2340. The molecular formula is C39H31F3N6O3S. The highest BCUT2D eigenvalue weighted by Gasteiger charge is 2.45. The Balaban J connectivity index is 0.935. The zero-order chi connectivity index (χ0) is 35.6. The number of carbonyl (C=O) groups is 2. The summed E-state index contributed by atoms with van der Waals surface area (Å²) in [7, 11) is 0. The zero-order valence-electron chi connectivity index (χ0n) is 27.7. The number of rotatable bonds is 5. The third kappa shape index (κ3) is 5.70. The lowest BCUT2D eigenvalue weighted by atomic mass is 9.73. The number of hydrogen-bond acceptors (Lipinski definition) is 7. The number of fused-ring (bicyclic) bond motifs is 4. The average molecular weight is 721 g/mol. The summed E-state index contributed by atoms with van der Waals surface area (Å²) in [6.07, 6.45) is 4.19. The lowest BCUT2D eigenvalue weighted by molar-refractivity contribution is -0.000509. The van der Waals surface area contributed by atoms with Crippen LogP contribution in [0.4, 0.5) is 30.4 Å². The van der Waals surface area contributed by atoms with Gasteiger partial charge in [0.2, 0.25) is 0 Å². The van der Waals surface area contributed by atoms with Crippen LogP contribution < -0.4 is 15.1 Å². The van der Waals surface area contributed by atoms with Gasteiger partial charge >= 0.3 is 0 Å². The maximum atomic E-state index is 14.7. The summed E-state index contributed by atoms with van der Waals surface area (Å²) in [6.45, 7) is 3.49. The van der Waals surface area contributed by atoms with Crippen LogP contribution in [0.25, 0.3) is 32.2 Å². The molecule has 9 rings (SSSR count). The largest absolute Gasteiger partial charge is 0.381 e. The Labute approximate surface area is 300 Å². The topological polar surface area (TPSA) is 103 Å². The van der Waals surface area contributed by atoms with Gasteiger partial charge in [0.05, 0.1) is 27.2 Å². The number of carbonyl (C=O) groups excluding carboxylic acids is 2. The number of benzene rings is 3. The minimum atomic E-state index is -0.975. The van der Waals surface area contributed by atoms with E-state index in [4.69, 9.17) is 4.74 Å². The molecule has 262 valence electrons. The molecule has 52 heavy (non-hydrogen) atoms. The van der Waals surface area contributed by atoms with Crippen LogP contribution in [-0.4, -0.2) is 59.6 Å². The minimum Gasteiger partial charge on any atom is -0.381 e. The van der Waals surface area contributed by atoms with Gasteiger partial charge in [-0.05, 0) is 85.5 Å². The van der Waals surface area contributed by atoms with E-state index >= 15 is 0 Å². The molecule has 2 fully saturated rings. The molecule has 0 unspecified atom stereocenters. The second kappa shape index (κ2) is 12.6. The van der Waals surface area contributed by atoms with Crippen LogP contribution in [0.1, 0.15) is 39.1 Å². The van der Waals surface area contributed by atoms with E-state index in [9.17, 15) is 22.8 Å². The number of amides is 2. The number of aromatic amines is 1. The normalized spacial score (nSPS) is 16.3. The second-order valence-electron chi connectivity index (χ2n) is 13.6. The molecule has 2 saturated heterocycles. The highest BCUT2D eigenvalue weighted by Crippen LogP contribution is 2.45. The molecule has 0 aliphatic carbocycles. The molecule has 13 heteroatoms. The molecule has 3 aromatic carbocycles. The lowest BCUT2D eigenvalue weighted by Gasteiger charge is -2.53. The summed E-state index contributed by atoms with van der Waals surface area (Å²) in [5.41, 5.74) is 4.34. The Kier molecular flexibility index (Phi) is 7.85. The first-order valence-corrected chi connectivity index (χ1v) is 17.8. The zero-order valence-corrected chi connectivity index (χ0v) is 28.5. The van der Waals surface area contributed by atoms with Crippen LogP contribution in [0.3, 0.4) is 0 Å². The van der Waals surface area contributed by atoms with Gasteiger partial charge in [0.1, 0.15) is 17.5 Å². The average Bonchev–Trinajstić information content (AvgIpc) is 3.72. The van der Waals surface area contributed by atoms with Crippen molar-refractivity contribution in [1.29, 1.82) is 0 Å². The van der Waals surface area contributed by atoms with E-state index in [0.717, 1.165) is 66.6 Å². The van der Waals surface area contributed by atoms with E-state index in [2.05, 4.69) is 25.2 Å². The van der Waals surface area contributed by atoms with Crippen LogP contribution in [0.5, 0.6) is 0 Å². The van der Waals surface area contributed by atoms with Crippen molar-refractivity contribution in [3.05, 3.63) is 113 Å². The van der Waals surface area contributed by atoms with Crippen LogP contribution in [0.2, 0.25) is 0 Å². The number of aromatic nitrogens is 3. The predicted molar refractivity (Wildman–Crippen MR) is 193 cm³/mol. The van der Waals surface area contributed by atoms with Gasteiger partial charge in [0, 0.05) is 78.3 Å². The van der Waals surface area contributed by atoms with Crippen molar-refractivity contribution in [3.63, 3.8) is 0 Å². The number of imidazole rings is 1. The molecule has 9 nitrogen and oxygen atoms in total. The second-order valence-corrected chi connectivity index (χ2v) is 14.6. The fourth-order valence-electron chi connectivity index (χ4n) is 7.47.